The van der Waals surface area contributed by atoms with Crippen molar-refractivity contribution < 1.29 is 38.1 Å². The van der Waals surface area contributed by atoms with Gasteiger partial charge in [-0.25, -0.2) is 9.59 Å². The Labute approximate surface area is 274 Å². The van der Waals surface area contributed by atoms with Gasteiger partial charge in [-0.2, -0.15) is 0 Å². The van der Waals surface area contributed by atoms with Gasteiger partial charge in [0.05, 0.1) is 19.4 Å². The summed E-state index contributed by atoms with van der Waals surface area (Å²) in [7, 11) is 1.13. The molecule has 9 nitrogen and oxygen atoms in total. The van der Waals surface area contributed by atoms with E-state index in [1.165, 1.54) is 0 Å². The lowest BCUT2D eigenvalue weighted by molar-refractivity contribution is -0.167. The molecule has 1 N–H and O–H groups in total. The number of hydrogen-bond donors (Lipinski definition) is 1. The van der Waals surface area contributed by atoms with Crippen LogP contribution >= 0.6 is 0 Å². The van der Waals surface area contributed by atoms with Crippen molar-refractivity contribution in [3.8, 4) is 0 Å². The molecule has 4 rings (SSSR count). The summed E-state index contributed by atoms with van der Waals surface area (Å²) in [5, 5.41) is 2.50. The minimum Gasteiger partial charge on any atom is -0.469 e. The van der Waals surface area contributed by atoms with Crippen molar-refractivity contribution in [1.82, 2.24) is 5.32 Å². The van der Waals surface area contributed by atoms with Gasteiger partial charge in [-0.1, -0.05) is 121 Å². The van der Waals surface area contributed by atoms with E-state index >= 15 is 0 Å². The largest absolute Gasteiger partial charge is 0.469 e. The molecular formula is C38H39NO8. The molecule has 0 spiro atoms. The second-order valence-electron chi connectivity index (χ2n) is 11.8. The Morgan fingerprint density at radius 2 is 1.09 bits per heavy atom. The molecule has 0 saturated carbocycles. The van der Waals surface area contributed by atoms with E-state index in [0.29, 0.717) is 22.3 Å². The Hall–Kier alpha value is -5.44. The zero-order valence-corrected chi connectivity index (χ0v) is 26.9. The Morgan fingerprint density at radius 1 is 0.638 bits per heavy atom. The molecule has 244 valence electrons. The van der Waals surface area contributed by atoms with E-state index in [0.717, 1.165) is 7.11 Å². The Morgan fingerprint density at radius 3 is 1.51 bits per heavy atom. The molecule has 4 aromatic rings. The van der Waals surface area contributed by atoms with Gasteiger partial charge in [-0.3, -0.25) is 9.59 Å². The molecule has 0 radical (unpaired) electrons. The van der Waals surface area contributed by atoms with Gasteiger partial charge in [-0.05, 0) is 26.3 Å². The van der Waals surface area contributed by atoms with Crippen molar-refractivity contribution in [3.05, 3.63) is 144 Å². The predicted molar refractivity (Wildman–Crippen MR) is 175 cm³/mol. The number of hydrogen-bond acceptors (Lipinski definition) is 8. The fraction of sp³-hybridized carbons (Fsp3) is 0.263. The number of carbonyl (C=O) groups is 4. The molecule has 47 heavy (non-hydrogen) atoms. The molecule has 1 amide bonds. The average molecular weight is 638 g/mol. The highest BCUT2D eigenvalue weighted by Gasteiger charge is 2.46. The van der Waals surface area contributed by atoms with E-state index in [-0.39, 0.29) is 6.61 Å². The summed E-state index contributed by atoms with van der Waals surface area (Å²) >= 11 is 0. The zero-order valence-electron chi connectivity index (χ0n) is 26.9. The second kappa shape index (κ2) is 15.7. The molecule has 9 heteroatoms. The van der Waals surface area contributed by atoms with Crippen LogP contribution in [0.25, 0.3) is 0 Å². The third kappa shape index (κ3) is 9.07. The van der Waals surface area contributed by atoms with Gasteiger partial charge in [0.2, 0.25) is 0 Å². The Bertz CT molecular complexity index is 1520. The molecule has 4 aromatic carbocycles. The monoisotopic (exact) mass is 637 g/mol. The lowest BCUT2D eigenvalue weighted by atomic mass is 9.80. The van der Waals surface area contributed by atoms with Crippen LogP contribution in [0.4, 0.5) is 4.79 Å². The van der Waals surface area contributed by atoms with Crippen molar-refractivity contribution in [3.63, 3.8) is 0 Å². The lowest BCUT2D eigenvalue weighted by Gasteiger charge is -2.37. The van der Waals surface area contributed by atoms with Gasteiger partial charge >= 0.3 is 24.0 Å². The third-order valence-corrected chi connectivity index (χ3v) is 7.25. The number of amides is 1. The van der Waals surface area contributed by atoms with Crippen LogP contribution in [0.2, 0.25) is 0 Å². The first kappa shape index (κ1) is 34.4. The van der Waals surface area contributed by atoms with E-state index in [4.69, 9.17) is 18.9 Å². The first-order valence-corrected chi connectivity index (χ1v) is 15.2. The number of alkyl carbamates (subject to hydrolysis) is 1. The van der Waals surface area contributed by atoms with Crippen molar-refractivity contribution >= 4 is 24.0 Å². The van der Waals surface area contributed by atoms with E-state index in [1.807, 2.05) is 97.1 Å². The number of benzene rings is 4. The summed E-state index contributed by atoms with van der Waals surface area (Å²) in [6.07, 6.45) is -1.59. The topological polar surface area (TPSA) is 117 Å². The van der Waals surface area contributed by atoms with E-state index in [2.05, 4.69) is 5.32 Å². The van der Waals surface area contributed by atoms with Gasteiger partial charge in [0, 0.05) is 16.7 Å². The highest BCUT2D eigenvalue weighted by Crippen LogP contribution is 2.41. The molecule has 0 bridgehead atoms. The normalized spacial score (nSPS) is 12.6. The summed E-state index contributed by atoms with van der Waals surface area (Å²) in [6, 6.07) is 34.6. The number of methoxy groups -OCH3 is 1. The van der Waals surface area contributed by atoms with E-state index in [9.17, 15) is 19.2 Å². The van der Waals surface area contributed by atoms with Crippen LogP contribution in [0.5, 0.6) is 0 Å². The highest BCUT2D eigenvalue weighted by atomic mass is 16.6. The molecule has 2 atom stereocenters. The highest BCUT2D eigenvalue weighted by molar-refractivity contribution is 5.91. The van der Waals surface area contributed by atoms with Gasteiger partial charge in [0.25, 0.3) is 0 Å². The van der Waals surface area contributed by atoms with Crippen LogP contribution in [0.3, 0.4) is 0 Å². The second-order valence-corrected chi connectivity index (χ2v) is 11.8. The SMILES string of the molecule is COC(=O)[C@@H](CC(=O)OC(C)(C)C)[C@H](NC(=O)OCc1ccccc1)C(=O)OC(c1ccccc1)(c1ccccc1)c1ccccc1. The number of rotatable bonds is 12. The summed E-state index contributed by atoms with van der Waals surface area (Å²) in [5.74, 6) is -4.22. The maximum absolute atomic E-state index is 14.6. The van der Waals surface area contributed by atoms with E-state index in [1.54, 1.807) is 45.0 Å². The third-order valence-electron chi connectivity index (χ3n) is 7.25. The number of nitrogens with one attached hydrogen (secondary N) is 1. The van der Waals surface area contributed by atoms with Crippen molar-refractivity contribution in [2.45, 2.75) is 51.0 Å². The van der Waals surface area contributed by atoms with Gasteiger partial charge in [0.1, 0.15) is 18.2 Å². The number of carbonyl (C=O) groups excluding carboxylic acids is 4. The fourth-order valence-electron chi connectivity index (χ4n) is 5.18. The summed E-state index contributed by atoms with van der Waals surface area (Å²) < 4.78 is 22.4. The minimum absolute atomic E-state index is 0.106. The molecule has 0 unspecified atom stereocenters. The molecule has 0 aromatic heterocycles. The molecule has 0 fully saturated rings. The molecule has 0 aliphatic heterocycles. The maximum Gasteiger partial charge on any atom is 0.408 e. The van der Waals surface area contributed by atoms with E-state index < -0.39 is 53.6 Å². The van der Waals surface area contributed by atoms with Crippen molar-refractivity contribution in [1.29, 1.82) is 0 Å². The smallest absolute Gasteiger partial charge is 0.408 e. The van der Waals surface area contributed by atoms with Crippen LogP contribution in [0, 0.1) is 5.92 Å². The fourth-order valence-corrected chi connectivity index (χ4v) is 5.18. The molecular weight excluding hydrogens is 598 g/mol. The first-order valence-electron chi connectivity index (χ1n) is 15.2. The van der Waals surface area contributed by atoms with Crippen LogP contribution in [0.1, 0.15) is 49.4 Å². The summed E-state index contributed by atoms with van der Waals surface area (Å²) in [4.78, 5) is 54.1. The number of esters is 3. The Balaban J connectivity index is 1.80. The number of ether oxygens (including phenoxy) is 4. The summed E-state index contributed by atoms with van der Waals surface area (Å²) in [6.45, 7) is 4.93. The van der Waals surface area contributed by atoms with Gasteiger partial charge < -0.3 is 24.3 Å². The molecule has 0 aliphatic rings. The van der Waals surface area contributed by atoms with Crippen LogP contribution < -0.4 is 5.32 Å². The molecule has 0 heterocycles. The Kier molecular flexibility index (Phi) is 11.5. The van der Waals surface area contributed by atoms with Crippen LogP contribution in [-0.4, -0.2) is 42.8 Å². The first-order chi connectivity index (χ1) is 22.5. The lowest BCUT2D eigenvalue weighted by Crippen LogP contribution is -2.52. The summed E-state index contributed by atoms with van der Waals surface area (Å²) in [5.41, 5.74) is 0.130. The van der Waals surface area contributed by atoms with Crippen molar-refractivity contribution in [2.75, 3.05) is 7.11 Å². The van der Waals surface area contributed by atoms with Crippen molar-refractivity contribution in [2.24, 2.45) is 5.92 Å². The van der Waals surface area contributed by atoms with Crippen LogP contribution in [-0.2, 0) is 45.5 Å². The van der Waals surface area contributed by atoms with Gasteiger partial charge in [0.15, 0.2) is 5.60 Å². The molecule has 0 aliphatic carbocycles. The molecule has 0 saturated heterocycles. The quantitative estimate of drug-likeness (QED) is 0.109. The maximum atomic E-state index is 14.6. The predicted octanol–water partition coefficient (Wildman–Crippen LogP) is 6.34. The zero-order chi connectivity index (χ0) is 33.9. The minimum atomic E-state index is -1.71. The average Bonchev–Trinajstić information content (AvgIpc) is 3.08. The van der Waals surface area contributed by atoms with Crippen LogP contribution in [0.15, 0.2) is 121 Å². The standard InChI is InChI=1S/C38H39NO8/c1-37(2,3)46-32(40)25-31(34(41)44-4)33(39-36(43)45-26-27-17-9-5-10-18-27)35(42)47-38(28-19-11-6-12-20-28,29-21-13-7-14-22-29)30-23-15-8-16-24-30/h5-24,31,33H,25-26H2,1-4H3,(H,39,43)/t31-,33-/m0/s1. The van der Waals surface area contributed by atoms with Gasteiger partial charge in [-0.15, -0.1) is 0 Å².